The lowest BCUT2D eigenvalue weighted by Gasteiger charge is -2.15. The minimum absolute atomic E-state index is 0.0822. The van der Waals surface area contributed by atoms with Crippen molar-refractivity contribution in [3.05, 3.63) is 44.1 Å². The first kappa shape index (κ1) is 13.8. The molecule has 0 radical (unpaired) electrons. The van der Waals surface area contributed by atoms with Gasteiger partial charge in [-0.3, -0.25) is 15.1 Å². The maximum absolute atomic E-state index is 10.6. The van der Waals surface area contributed by atoms with E-state index in [9.17, 15) is 20.3 Å². The van der Waals surface area contributed by atoms with Gasteiger partial charge in [-0.25, -0.2) is 0 Å². The van der Waals surface area contributed by atoms with Crippen molar-refractivity contribution < 1.29 is 15.1 Å². The van der Waals surface area contributed by atoms with Crippen LogP contribution in [-0.2, 0) is 0 Å². The quantitative estimate of drug-likeness (QED) is 0.264. The van der Waals surface area contributed by atoms with E-state index in [2.05, 4.69) is 15.0 Å². The largest absolute Gasteiger partial charge is 0.390 e. The third-order valence-electron chi connectivity index (χ3n) is 2.30. The molecule has 1 aromatic heterocycles. The van der Waals surface area contributed by atoms with Gasteiger partial charge in [0.2, 0.25) is 0 Å². The van der Waals surface area contributed by atoms with Gasteiger partial charge >= 0.3 is 0 Å². The van der Waals surface area contributed by atoms with Crippen LogP contribution in [0.15, 0.2) is 17.4 Å². The number of nitro groups is 1. The number of pyridine rings is 1. The van der Waals surface area contributed by atoms with E-state index in [4.69, 9.17) is 5.53 Å². The fourth-order valence-corrected chi connectivity index (χ4v) is 1.34. The van der Waals surface area contributed by atoms with Crippen LogP contribution in [0.25, 0.3) is 10.4 Å². The van der Waals surface area contributed by atoms with Crippen molar-refractivity contribution in [2.75, 3.05) is 6.54 Å². The molecule has 0 spiro atoms. The molecule has 2 unspecified atom stereocenters. The molecule has 0 saturated carbocycles. The highest BCUT2D eigenvalue weighted by Crippen LogP contribution is 2.21. The number of nitrogens with zero attached hydrogens (tertiary/aromatic N) is 5. The maximum atomic E-state index is 10.6. The molecule has 0 aromatic carbocycles. The summed E-state index contributed by atoms with van der Waals surface area (Å²) in [6.45, 7) is 1.19. The Hall–Kier alpha value is -2.22. The highest BCUT2D eigenvalue weighted by molar-refractivity contribution is 5.38. The topological polar surface area (TPSA) is 145 Å². The van der Waals surface area contributed by atoms with E-state index in [0.29, 0.717) is 5.56 Å². The Morgan fingerprint density at radius 3 is 2.83 bits per heavy atom. The van der Waals surface area contributed by atoms with Gasteiger partial charge in [-0.1, -0.05) is 5.11 Å². The third-order valence-corrected chi connectivity index (χ3v) is 2.30. The van der Waals surface area contributed by atoms with Crippen molar-refractivity contribution in [1.29, 1.82) is 0 Å². The third kappa shape index (κ3) is 3.14. The van der Waals surface area contributed by atoms with Crippen molar-refractivity contribution in [2.24, 2.45) is 5.11 Å². The fraction of sp³-hybridized carbons (Fsp3) is 0.444. The fourth-order valence-electron chi connectivity index (χ4n) is 1.34. The van der Waals surface area contributed by atoms with Crippen LogP contribution in [0.5, 0.6) is 0 Å². The van der Waals surface area contributed by atoms with Crippen LogP contribution >= 0.6 is 0 Å². The Bertz CT molecular complexity index is 500. The molecule has 0 fully saturated rings. The van der Waals surface area contributed by atoms with E-state index in [-0.39, 0.29) is 17.9 Å². The van der Waals surface area contributed by atoms with Gasteiger partial charge in [0.15, 0.2) is 0 Å². The Morgan fingerprint density at radius 1 is 1.67 bits per heavy atom. The zero-order chi connectivity index (χ0) is 13.7. The zero-order valence-corrected chi connectivity index (χ0v) is 9.46. The summed E-state index contributed by atoms with van der Waals surface area (Å²) < 4.78 is 0. The second-order valence-corrected chi connectivity index (χ2v) is 3.58. The molecule has 0 amide bonds. The average molecular weight is 253 g/mol. The van der Waals surface area contributed by atoms with Crippen LogP contribution < -0.4 is 0 Å². The summed E-state index contributed by atoms with van der Waals surface area (Å²) >= 11 is 0. The Labute approximate surface area is 101 Å². The van der Waals surface area contributed by atoms with Crippen molar-refractivity contribution in [3.63, 3.8) is 0 Å². The number of aryl methyl sites for hydroxylation is 1. The normalized spacial score (nSPS) is 13.5. The average Bonchev–Trinajstić information content (AvgIpc) is 2.34. The molecule has 0 aliphatic carbocycles. The summed E-state index contributed by atoms with van der Waals surface area (Å²) in [5.74, 6) is 0. The molecule has 18 heavy (non-hydrogen) atoms. The predicted octanol–water partition coefficient (Wildman–Crippen LogP) is 1.00. The number of hydrogen-bond acceptors (Lipinski definition) is 6. The molecule has 96 valence electrons. The number of aromatic nitrogens is 1. The van der Waals surface area contributed by atoms with Crippen LogP contribution in [-0.4, -0.2) is 32.8 Å². The summed E-state index contributed by atoms with van der Waals surface area (Å²) in [5, 5.41) is 32.9. The van der Waals surface area contributed by atoms with Crippen LogP contribution in [0, 0.1) is 17.0 Å². The number of azide groups is 1. The van der Waals surface area contributed by atoms with Crippen molar-refractivity contribution in [1.82, 2.24) is 4.98 Å². The monoisotopic (exact) mass is 253 g/mol. The van der Waals surface area contributed by atoms with Crippen molar-refractivity contribution in [2.45, 2.75) is 19.1 Å². The highest BCUT2D eigenvalue weighted by atomic mass is 16.6. The Balaban J connectivity index is 2.93. The molecule has 0 bridgehead atoms. The SMILES string of the molecule is Cc1cc(C(O)C(O)CN=[N+]=[N-])ncc1[N+](=O)[O-]. The number of aliphatic hydroxyl groups excluding tert-OH is 2. The zero-order valence-electron chi connectivity index (χ0n) is 9.46. The molecular formula is C9H11N5O4. The molecular weight excluding hydrogens is 242 g/mol. The summed E-state index contributed by atoms with van der Waals surface area (Å²) in [7, 11) is 0. The van der Waals surface area contributed by atoms with Crippen molar-refractivity contribution >= 4 is 5.69 Å². The van der Waals surface area contributed by atoms with E-state index < -0.39 is 17.1 Å². The molecule has 9 nitrogen and oxygen atoms in total. The van der Waals surface area contributed by atoms with Gasteiger partial charge in [0.05, 0.1) is 23.3 Å². The van der Waals surface area contributed by atoms with Gasteiger partial charge in [-0.15, -0.1) is 0 Å². The van der Waals surface area contributed by atoms with E-state index in [1.165, 1.54) is 13.0 Å². The minimum Gasteiger partial charge on any atom is -0.390 e. The molecule has 1 aromatic rings. The van der Waals surface area contributed by atoms with Gasteiger partial charge in [-0.05, 0) is 18.5 Å². The van der Waals surface area contributed by atoms with Crippen LogP contribution in [0.2, 0.25) is 0 Å². The van der Waals surface area contributed by atoms with Crippen LogP contribution in [0.4, 0.5) is 5.69 Å². The summed E-state index contributed by atoms with van der Waals surface area (Å²) in [6, 6.07) is 1.31. The maximum Gasteiger partial charge on any atom is 0.290 e. The number of hydrogen-bond donors (Lipinski definition) is 2. The summed E-state index contributed by atoms with van der Waals surface area (Å²) in [5.41, 5.74) is 8.31. The van der Waals surface area contributed by atoms with E-state index >= 15 is 0 Å². The predicted molar refractivity (Wildman–Crippen MR) is 60.6 cm³/mol. The standard InChI is InChI=1S/C9H11N5O4/c1-5-2-6(11-3-7(5)14(17)18)9(16)8(15)4-12-13-10/h2-3,8-9,15-16H,4H2,1H3. The lowest BCUT2D eigenvalue weighted by Crippen LogP contribution is -2.22. The molecule has 2 N–H and O–H groups in total. The molecule has 0 aliphatic heterocycles. The Kier molecular flexibility index (Phi) is 4.55. The van der Waals surface area contributed by atoms with Crippen molar-refractivity contribution in [3.8, 4) is 0 Å². The first-order chi connectivity index (χ1) is 8.47. The lowest BCUT2D eigenvalue weighted by atomic mass is 10.1. The smallest absolute Gasteiger partial charge is 0.290 e. The first-order valence-electron chi connectivity index (χ1n) is 4.95. The summed E-state index contributed by atoms with van der Waals surface area (Å²) in [4.78, 5) is 16.1. The van der Waals surface area contributed by atoms with Gasteiger partial charge in [0.25, 0.3) is 5.69 Å². The lowest BCUT2D eigenvalue weighted by molar-refractivity contribution is -0.385. The van der Waals surface area contributed by atoms with Gasteiger partial charge in [-0.2, -0.15) is 0 Å². The first-order valence-corrected chi connectivity index (χ1v) is 4.95. The number of rotatable bonds is 5. The van der Waals surface area contributed by atoms with Gasteiger partial charge in [0.1, 0.15) is 12.3 Å². The molecule has 0 saturated heterocycles. The second-order valence-electron chi connectivity index (χ2n) is 3.58. The summed E-state index contributed by atoms with van der Waals surface area (Å²) in [6.07, 6.45) is -1.67. The van der Waals surface area contributed by atoms with Crippen LogP contribution in [0.1, 0.15) is 17.4 Å². The van der Waals surface area contributed by atoms with Gasteiger partial charge < -0.3 is 10.2 Å². The Morgan fingerprint density at radius 2 is 2.33 bits per heavy atom. The molecule has 9 heteroatoms. The molecule has 0 aliphatic rings. The van der Waals surface area contributed by atoms with E-state index in [1.54, 1.807) is 0 Å². The van der Waals surface area contributed by atoms with E-state index in [1.807, 2.05) is 0 Å². The number of aliphatic hydroxyl groups is 2. The minimum atomic E-state index is -1.37. The van der Waals surface area contributed by atoms with Gasteiger partial charge in [0, 0.05) is 10.5 Å². The highest BCUT2D eigenvalue weighted by Gasteiger charge is 2.21. The second kappa shape index (κ2) is 5.92. The molecule has 2 atom stereocenters. The van der Waals surface area contributed by atoms with Crippen LogP contribution in [0.3, 0.4) is 0 Å². The molecule has 1 heterocycles. The molecule has 1 rings (SSSR count). The van der Waals surface area contributed by atoms with E-state index in [0.717, 1.165) is 6.20 Å².